The van der Waals surface area contributed by atoms with Crippen molar-refractivity contribution in [3.63, 3.8) is 0 Å². The van der Waals surface area contributed by atoms with Gasteiger partial charge in [-0.2, -0.15) is 11.8 Å². The van der Waals surface area contributed by atoms with Crippen molar-refractivity contribution >= 4 is 23.5 Å². The molecule has 32 heavy (non-hydrogen) atoms. The fraction of sp³-hybridized carbons (Fsp3) is 0.704. The SMILES string of the molecule is CC(=O)[C@H]1CC[C@H]2[C@@H]3CS[C@H]4C[C@H](OC(=O)c5ccccc5)CC[C@]4(CO)[C@H]3CC[C@]12C. The van der Waals surface area contributed by atoms with E-state index < -0.39 is 0 Å². The van der Waals surface area contributed by atoms with Crippen molar-refractivity contribution in [1.29, 1.82) is 0 Å². The van der Waals surface area contributed by atoms with Gasteiger partial charge in [-0.3, -0.25) is 4.79 Å². The minimum atomic E-state index is -0.236. The first kappa shape index (κ1) is 22.5. The third-order valence-corrected chi connectivity index (χ3v) is 11.4. The number of fused-ring (bicyclic) bond motifs is 5. The zero-order chi connectivity index (χ0) is 22.5. The molecule has 1 aromatic rings. The fourth-order valence-electron chi connectivity index (χ4n) is 8.17. The Morgan fingerprint density at radius 1 is 1.09 bits per heavy atom. The van der Waals surface area contributed by atoms with E-state index in [-0.39, 0.29) is 35.4 Å². The Morgan fingerprint density at radius 3 is 2.59 bits per heavy atom. The molecule has 4 aliphatic rings. The van der Waals surface area contributed by atoms with Crippen LogP contribution in [0.5, 0.6) is 0 Å². The second-order valence-corrected chi connectivity index (χ2v) is 12.3. The third-order valence-electron chi connectivity index (χ3n) is 9.78. The van der Waals surface area contributed by atoms with Gasteiger partial charge in [0.2, 0.25) is 0 Å². The molecule has 1 heterocycles. The summed E-state index contributed by atoms with van der Waals surface area (Å²) < 4.78 is 5.91. The average molecular weight is 457 g/mol. The minimum Gasteiger partial charge on any atom is -0.459 e. The zero-order valence-electron chi connectivity index (χ0n) is 19.3. The maximum absolute atomic E-state index is 12.6. The third kappa shape index (κ3) is 3.46. The van der Waals surface area contributed by atoms with Crippen LogP contribution in [-0.2, 0) is 9.53 Å². The lowest BCUT2D eigenvalue weighted by Gasteiger charge is -2.61. The van der Waals surface area contributed by atoms with Crippen LogP contribution in [0.25, 0.3) is 0 Å². The number of hydrogen-bond donors (Lipinski definition) is 1. The van der Waals surface area contributed by atoms with Crippen molar-refractivity contribution in [2.45, 2.75) is 70.1 Å². The monoisotopic (exact) mass is 456 g/mol. The number of benzene rings is 1. The first-order valence-corrected chi connectivity index (χ1v) is 13.4. The Morgan fingerprint density at radius 2 is 1.88 bits per heavy atom. The first-order chi connectivity index (χ1) is 15.4. The van der Waals surface area contributed by atoms with Crippen LogP contribution >= 0.6 is 11.8 Å². The van der Waals surface area contributed by atoms with Crippen LogP contribution in [0.2, 0.25) is 0 Å². The summed E-state index contributed by atoms with van der Waals surface area (Å²) in [6, 6.07) is 9.24. The van der Waals surface area contributed by atoms with Gasteiger partial charge in [0.15, 0.2) is 0 Å². The summed E-state index contributed by atoms with van der Waals surface area (Å²) in [4.78, 5) is 24.9. The fourth-order valence-corrected chi connectivity index (χ4v) is 10.1. The normalized spacial score (nSPS) is 43.0. The van der Waals surface area contributed by atoms with Crippen molar-refractivity contribution in [2.24, 2.45) is 34.5 Å². The molecule has 4 fully saturated rings. The Balaban J connectivity index is 1.31. The van der Waals surface area contributed by atoms with E-state index in [1.165, 1.54) is 0 Å². The maximum atomic E-state index is 12.6. The van der Waals surface area contributed by atoms with Crippen LogP contribution in [0.4, 0.5) is 0 Å². The molecule has 0 amide bonds. The molecule has 5 heteroatoms. The second-order valence-electron chi connectivity index (χ2n) is 11.0. The van der Waals surface area contributed by atoms with Gasteiger partial charge in [-0.05, 0) is 92.9 Å². The number of ketones is 1. The first-order valence-electron chi connectivity index (χ1n) is 12.4. The smallest absolute Gasteiger partial charge is 0.338 e. The van der Waals surface area contributed by atoms with Gasteiger partial charge in [0.25, 0.3) is 0 Å². The van der Waals surface area contributed by atoms with E-state index in [1.54, 1.807) is 19.1 Å². The Hall–Kier alpha value is -1.33. The average Bonchev–Trinajstić information content (AvgIpc) is 3.17. The number of aliphatic hydroxyl groups excluding tert-OH is 1. The molecular formula is C27H36O4S. The van der Waals surface area contributed by atoms with Gasteiger partial charge in [0.05, 0.1) is 12.2 Å². The molecule has 0 spiro atoms. The van der Waals surface area contributed by atoms with Gasteiger partial charge in [-0.15, -0.1) is 0 Å². The number of carbonyl (C=O) groups excluding carboxylic acids is 2. The lowest BCUT2D eigenvalue weighted by atomic mass is 9.50. The van der Waals surface area contributed by atoms with Crippen LogP contribution in [0.1, 0.15) is 69.2 Å². The maximum Gasteiger partial charge on any atom is 0.338 e. The molecule has 0 unspecified atom stereocenters. The van der Waals surface area contributed by atoms with E-state index in [0.717, 1.165) is 50.7 Å². The molecular weight excluding hydrogens is 420 g/mol. The highest BCUT2D eigenvalue weighted by Gasteiger charge is 2.62. The molecule has 0 aromatic heterocycles. The molecule has 3 aliphatic carbocycles. The van der Waals surface area contributed by atoms with Gasteiger partial charge in [0.1, 0.15) is 11.9 Å². The van der Waals surface area contributed by atoms with Crippen LogP contribution in [0.3, 0.4) is 0 Å². The second kappa shape index (κ2) is 8.47. The topological polar surface area (TPSA) is 63.6 Å². The van der Waals surface area contributed by atoms with Crippen LogP contribution in [0.15, 0.2) is 30.3 Å². The number of thioether (sulfide) groups is 1. The van der Waals surface area contributed by atoms with E-state index in [9.17, 15) is 14.7 Å². The van der Waals surface area contributed by atoms with E-state index >= 15 is 0 Å². The van der Waals surface area contributed by atoms with Crippen molar-refractivity contribution in [3.8, 4) is 0 Å². The summed E-state index contributed by atoms with van der Waals surface area (Å²) in [5, 5.41) is 11.1. The standard InChI is InChI=1S/C27H36O4S/c1-17(29)21-8-9-22-20-15-32-24-14-19(31-25(30)18-6-4-3-5-7-18)10-13-27(24,16-28)23(20)11-12-26(21,22)2/h3-7,19-24,28H,8-16H2,1-2H3/t19-,20+,21-,22+,23+,24+,26-,27+/m1/s1. The minimum absolute atomic E-state index is 0.0705. The predicted molar refractivity (Wildman–Crippen MR) is 126 cm³/mol. The number of ether oxygens (including phenoxy) is 1. The van der Waals surface area contributed by atoms with Crippen molar-refractivity contribution in [3.05, 3.63) is 35.9 Å². The number of rotatable bonds is 4. The Bertz CT molecular complexity index is 872. The molecule has 3 saturated carbocycles. The highest BCUT2D eigenvalue weighted by Crippen LogP contribution is 2.67. The molecule has 1 saturated heterocycles. The van der Waals surface area contributed by atoms with E-state index in [1.807, 2.05) is 30.0 Å². The zero-order valence-corrected chi connectivity index (χ0v) is 20.1. The van der Waals surface area contributed by atoms with E-state index in [0.29, 0.717) is 34.4 Å². The lowest BCUT2D eigenvalue weighted by Crippen LogP contribution is -2.58. The summed E-state index contributed by atoms with van der Waals surface area (Å²) in [6.07, 6.45) is 6.95. The summed E-state index contributed by atoms with van der Waals surface area (Å²) in [5.74, 6) is 3.17. The van der Waals surface area contributed by atoms with Crippen molar-refractivity contribution in [1.82, 2.24) is 0 Å². The van der Waals surface area contributed by atoms with E-state index in [4.69, 9.17) is 4.74 Å². The number of esters is 1. The molecule has 0 bridgehead atoms. The van der Waals surface area contributed by atoms with E-state index in [2.05, 4.69) is 6.92 Å². The number of aliphatic hydroxyl groups is 1. The quantitative estimate of drug-likeness (QED) is 0.636. The summed E-state index contributed by atoms with van der Waals surface area (Å²) >= 11 is 2.00. The van der Waals surface area contributed by atoms with Gasteiger partial charge in [-0.25, -0.2) is 4.79 Å². The van der Waals surface area contributed by atoms with Crippen LogP contribution < -0.4 is 0 Å². The number of Topliss-reactive ketones (excluding diaryl/α,β-unsaturated/α-hetero) is 1. The number of hydrogen-bond acceptors (Lipinski definition) is 5. The molecule has 0 radical (unpaired) electrons. The Labute approximate surface area is 195 Å². The van der Waals surface area contributed by atoms with Crippen molar-refractivity contribution < 1.29 is 19.4 Å². The molecule has 1 N–H and O–H groups in total. The molecule has 1 aromatic carbocycles. The molecule has 1 aliphatic heterocycles. The largest absolute Gasteiger partial charge is 0.459 e. The highest BCUT2D eigenvalue weighted by atomic mass is 32.2. The molecule has 174 valence electrons. The van der Waals surface area contributed by atoms with Gasteiger partial charge in [-0.1, -0.05) is 25.1 Å². The van der Waals surface area contributed by atoms with Gasteiger partial charge >= 0.3 is 5.97 Å². The molecule has 5 rings (SSSR count). The molecule has 8 atom stereocenters. The van der Waals surface area contributed by atoms with Gasteiger partial charge < -0.3 is 9.84 Å². The lowest BCUT2D eigenvalue weighted by molar-refractivity contribution is -0.129. The molecule has 4 nitrogen and oxygen atoms in total. The summed E-state index contributed by atoms with van der Waals surface area (Å²) in [6.45, 7) is 4.38. The van der Waals surface area contributed by atoms with Gasteiger partial charge in [0, 0.05) is 16.6 Å². The van der Waals surface area contributed by atoms with Crippen LogP contribution in [-0.4, -0.2) is 40.6 Å². The predicted octanol–water partition coefficient (Wildman–Crippen LogP) is 5.14. The number of carbonyl (C=O) groups is 2. The Kier molecular flexibility index (Phi) is 5.94. The van der Waals surface area contributed by atoms with Crippen molar-refractivity contribution in [2.75, 3.05) is 12.4 Å². The summed E-state index contributed by atoms with van der Waals surface area (Å²) in [5.41, 5.74) is 0.675. The highest BCUT2D eigenvalue weighted by molar-refractivity contribution is 8.00. The summed E-state index contributed by atoms with van der Waals surface area (Å²) in [7, 11) is 0. The van der Waals surface area contributed by atoms with Crippen LogP contribution in [0, 0.1) is 34.5 Å².